The van der Waals surface area contributed by atoms with E-state index >= 15 is 0 Å². The zero-order valence-electron chi connectivity index (χ0n) is 10.4. The standard InChI is InChI=1S/C14H22N2O/c1-10-13(15)3-2-4-14(10)16-9-11-5-7-12(17)8-6-11/h2-4,11-12,16-17H,5-9,15H2,1H3. The van der Waals surface area contributed by atoms with Gasteiger partial charge in [0.05, 0.1) is 6.10 Å². The Morgan fingerprint density at radius 2 is 2.00 bits per heavy atom. The van der Waals surface area contributed by atoms with Gasteiger partial charge in [-0.3, -0.25) is 0 Å². The molecule has 0 bridgehead atoms. The molecule has 0 amide bonds. The fourth-order valence-electron chi connectivity index (χ4n) is 2.45. The number of aliphatic hydroxyl groups is 1. The molecule has 0 radical (unpaired) electrons. The van der Waals surface area contributed by atoms with Crippen molar-refractivity contribution in [2.24, 2.45) is 5.92 Å². The molecule has 2 rings (SSSR count). The van der Waals surface area contributed by atoms with Gasteiger partial charge in [0.15, 0.2) is 0 Å². The molecule has 1 fully saturated rings. The molecular weight excluding hydrogens is 212 g/mol. The summed E-state index contributed by atoms with van der Waals surface area (Å²) in [6.07, 6.45) is 4.07. The molecule has 3 nitrogen and oxygen atoms in total. The first-order valence-corrected chi connectivity index (χ1v) is 6.44. The van der Waals surface area contributed by atoms with E-state index in [-0.39, 0.29) is 6.10 Å². The van der Waals surface area contributed by atoms with Crippen molar-refractivity contribution in [1.82, 2.24) is 0 Å². The molecule has 0 aromatic heterocycles. The minimum atomic E-state index is -0.0691. The molecule has 0 saturated heterocycles. The highest BCUT2D eigenvalue weighted by atomic mass is 16.3. The molecule has 1 saturated carbocycles. The van der Waals surface area contributed by atoms with Crippen molar-refractivity contribution in [3.63, 3.8) is 0 Å². The fourth-order valence-corrected chi connectivity index (χ4v) is 2.45. The summed E-state index contributed by atoms with van der Waals surface area (Å²) in [5, 5.41) is 12.9. The van der Waals surface area contributed by atoms with E-state index in [2.05, 4.69) is 11.4 Å². The van der Waals surface area contributed by atoms with Crippen LogP contribution in [0.4, 0.5) is 11.4 Å². The molecule has 4 N–H and O–H groups in total. The quantitative estimate of drug-likeness (QED) is 0.704. The highest BCUT2D eigenvalue weighted by molar-refractivity contribution is 5.62. The summed E-state index contributed by atoms with van der Waals surface area (Å²) < 4.78 is 0. The minimum absolute atomic E-state index is 0.0691. The number of nitrogens with one attached hydrogen (secondary N) is 1. The lowest BCUT2D eigenvalue weighted by Crippen LogP contribution is -2.23. The van der Waals surface area contributed by atoms with Gasteiger partial charge in [-0.2, -0.15) is 0 Å². The third-order valence-electron chi connectivity index (χ3n) is 3.77. The number of hydrogen-bond acceptors (Lipinski definition) is 3. The maximum Gasteiger partial charge on any atom is 0.0540 e. The zero-order valence-corrected chi connectivity index (χ0v) is 10.4. The van der Waals surface area contributed by atoms with Gasteiger partial charge in [-0.15, -0.1) is 0 Å². The van der Waals surface area contributed by atoms with Crippen molar-refractivity contribution in [2.45, 2.75) is 38.7 Å². The number of hydrogen-bond donors (Lipinski definition) is 3. The van der Waals surface area contributed by atoms with Crippen LogP contribution in [0, 0.1) is 12.8 Å². The molecular formula is C14H22N2O. The van der Waals surface area contributed by atoms with Gasteiger partial charge in [0.25, 0.3) is 0 Å². The molecule has 0 spiro atoms. The van der Waals surface area contributed by atoms with Gasteiger partial charge in [-0.05, 0) is 56.2 Å². The molecule has 1 aliphatic rings. The second-order valence-corrected chi connectivity index (χ2v) is 5.08. The maximum absolute atomic E-state index is 9.46. The lowest BCUT2D eigenvalue weighted by Gasteiger charge is -2.26. The molecule has 94 valence electrons. The Hall–Kier alpha value is -1.22. The Kier molecular flexibility index (Phi) is 3.89. The van der Waals surface area contributed by atoms with E-state index in [1.165, 1.54) is 0 Å². The average Bonchev–Trinajstić information content (AvgIpc) is 2.33. The monoisotopic (exact) mass is 234 g/mol. The molecule has 0 aliphatic heterocycles. The van der Waals surface area contributed by atoms with Crippen molar-refractivity contribution in [1.29, 1.82) is 0 Å². The largest absolute Gasteiger partial charge is 0.398 e. The van der Waals surface area contributed by atoms with Crippen molar-refractivity contribution in [2.75, 3.05) is 17.6 Å². The SMILES string of the molecule is Cc1c(N)cccc1NCC1CCC(O)CC1. The van der Waals surface area contributed by atoms with Crippen molar-refractivity contribution < 1.29 is 5.11 Å². The van der Waals surface area contributed by atoms with Crippen LogP contribution < -0.4 is 11.1 Å². The highest BCUT2D eigenvalue weighted by Gasteiger charge is 2.19. The van der Waals surface area contributed by atoms with E-state index in [1.54, 1.807) is 0 Å². The molecule has 0 unspecified atom stereocenters. The zero-order chi connectivity index (χ0) is 12.3. The summed E-state index contributed by atoms with van der Waals surface area (Å²) in [4.78, 5) is 0. The predicted octanol–water partition coefficient (Wildman–Crippen LogP) is 2.54. The van der Waals surface area contributed by atoms with E-state index in [9.17, 15) is 5.11 Å². The first kappa shape index (κ1) is 12.2. The van der Waals surface area contributed by atoms with Crippen LogP contribution in [-0.4, -0.2) is 17.8 Å². The molecule has 0 heterocycles. The third-order valence-corrected chi connectivity index (χ3v) is 3.77. The van der Waals surface area contributed by atoms with Crippen LogP contribution in [0.5, 0.6) is 0 Å². The fraction of sp³-hybridized carbons (Fsp3) is 0.571. The number of aliphatic hydroxyl groups excluding tert-OH is 1. The second-order valence-electron chi connectivity index (χ2n) is 5.08. The second kappa shape index (κ2) is 5.41. The summed E-state index contributed by atoms with van der Waals surface area (Å²) in [5.74, 6) is 0.680. The van der Waals surface area contributed by atoms with Crippen LogP contribution in [0.25, 0.3) is 0 Å². The van der Waals surface area contributed by atoms with E-state index in [0.717, 1.165) is 49.2 Å². The van der Waals surface area contributed by atoms with Crippen LogP contribution in [0.15, 0.2) is 18.2 Å². The number of benzene rings is 1. The van der Waals surface area contributed by atoms with Crippen LogP contribution in [0.1, 0.15) is 31.2 Å². The van der Waals surface area contributed by atoms with Gasteiger partial charge in [-0.25, -0.2) is 0 Å². The van der Waals surface area contributed by atoms with Gasteiger partial charge in [-0.1, -0.05) is 6.07 Å². The van der Waals surface area contributed by atoms with Crippen molar-refractivity contribution in [3.05, 3.63) is 23.8 Å². The first-order valence-electron chi connectivity index (χ1n) is 6.44. The molecule has 0 atom stereocenters. The molecule has 1 aliphatic carbocycles. The Morgan fingerprint density at radius 1 is 1.29 bits per heavy atom. The average molecular weight is 234 g/mol. The number of anilines is 2. The topological polar surface area (TPSA) is 58.3 Å². The van der Waals surface area contributed by atoms with Crippen LogP contribution in [0.2, 0.25) is 0 Å². The minimum Gasteiger partial charge on any atom is -0.398 e. The van der Waals surface area contributed by atoms with Crippen molar-refractivity contribution >= 4 is 11.4 Å². The van der Waals surface area contributed by atoms with E-state index in [1.807, 2.05) is 19.1 Å². The van der Waals surface area contributed by atoms with E-state index in [0.29, 0.717) is 5.92 Å². The lowest BCUT2D eigenvalue weighted by atomic mass is 9.87. The molecule has 1 aromatic rings. The van der Waals surface area contributed by atoms with Gasteiger partial charge < -0.3 is 16.2 Å². The summed E-state index contributed by atoms with van der Waals surface area (Å²) in [5.41, 5.74) is 8.98. The van der Waals surface area contributed by atoms with Crippen molar-refractivity contribution in [3.8, 4) is 0 Å². The molecule has 3 heteroatoms. The summed E-state index contributed by atoms with van der Waals surface area (Å²) >= 11 is 0. The number of rotatable bonds is 3. The van der Waals surface area contributed by atoms with Crippen LogP contribution in [0.3, 0.4) is 0 Å². The normalized spacial score (nSPS) is 24.6. The number of nitrogens with two attached hydrogens (primary N) is 1. The number of nitrogen functional groups attached to an aromatic ring is 1. The lowest BCUT2D eigenvalue weighted by molar-refractivity contribution is 0.111. The van der Waals surface area contributed by atoms with Crippen LogP contribution >= 0.6 is 0 Å². The third kappa shape index (κ3) is 3.13. The molecule has 17 heavy (non-hydrogen) atoms. The summed E-state index contributed by atoms with van der Waals surface area (Å²) in [6.45, 7) is 3.03. The Balaban J connectivity index is 1.87. The maximum atomic E-state index is 9.46. The first-order chi connectivity index (χ1) is 8.16. The van der Waals surface area contributed by atoms with E-state index in [4.69, 9.17) is 5.73 Å². The van der Waals surface area contributed by atoms with Gasteiger partial charge in [0, 0.05) is 17.9 Å². The van der Waals surface area contributed by atoms with Gasteiger partial charge in [0.1, 0.15) is 0 Å². The smallest absolute Gasteiger partial charge is 0.0540 e. The van der Waals surface area contributed by atoms with E-state index < -0.39 is 0 Å². The molecule has 1 aromatic carbocycles. The summed E-state index contributed by atoms with van der Waals surface area (Å²) in [7, 11) is 0. The summed E-state index contributed by atoms with van der Waals surface area (Å²) in [6, 6.07) is 5.98. The van der Waals surface area contributed by atoms with Crippen LogP contribution in [-0.2, 0) is 0 Å². The predicted molar refractivity (Wildman–Crippen MR) is 72.0 cm³/mol. The van der Waals surface area contributed by atoms with Gasteiger partial charge >= 0.3 is 0 Å². The van der Waals surface area contributed by atoms with Gasteiger partial charge in [0.2, 0.25) is 0 Å². The Morgan fingerprint density at radius 3 is 2.71 bits per heavy atom. The Bertz CT molecular complexity index is 370. The Labute approximate surface area is 103 Å². The highest BCUT2D eigenvalue weighted by Crippen LogP contribution is 2.26.